The monoisotopic (exact) mass is 346 g/mol. The van der Waals surface area contributed by atoms with Crippen molar-refractivity contribution in [3.8, 4) is 0 Å². The van der Waals surface area contributed by atoms with Crippen LogP contribution in [0.1, 0.15) is 24.7 Å². The van der Waals surface area contributed by atoms with Crippen molar-refractivity contribution in [2.75, 3.05) is 25.6 Å². The second-order valence-electron chi connectivity index (χ2n) is 6.16. The molecular weight excluding hydrogens is 324 g/mol. The predicted octanol–water partition coefficient (Wildman–Crippen LogP) is 1.95. The van der Waals surface area contributed by atoms with Crippen LogP contribution in [0.2, 0.25) is 0 Å². The first-order chi connectivity index (χ1) is 11.6. The van der Waals surface area contributed by atoms with E-state index in [0.717, 1.165) is 29.0 Å². The van der Waals surface area contributed by atoms with E-state index in [0.29, 0.717) is 6.54 Å². The summed E-state index contributed by atoms with van der Waals surface area (Å²) in [6, 6.07) is 7.66. The first-order valence-electron chi connectivity index (χ1n) is 8.06. The van der Waals surface area contributed by atoms with Gasteiger partial charge in [-0.15, -0.1) is 0 Å². The number of hydrogen-bond donors (Lipinski definition) is 2. The van der Waals surface area contributed by atoms with Crippen LogP contribution in [0.25, 0.3) is 11.0 Å². The number of thioether (sulfide) groups is 1. The van der Waals surface area contributed by atoms with Crippen LogP contribution in [-0.2, 0) is 9.59 Å². The van der Waals surface area contributed by atoms with Crippen LogP contribution in [0.5, 0.6) is 0 Å². The van der Waals surface area contributed by atoms with Crippen molar-refractivity contribution in [3.63, 3.8) is 0 Å². The number of aromatic amines is 1. The molecule has 1 aliphatic heterocycles. The van der Waals surface area contributed by atoms with Gasteiger partial charge in [0.2, 0.25) is 11.8 Å². The van der Waals surface area contributed by atoms with E-state index < -0.39 is 0 Å². The Balaban J connectivity index is 1.76. The molecule has 0 saturated carbocycles. The highest BCUT2D eigenvalue weighted by atomic mass is 32.2. The second kappa shape index (κ2) is 7.25. The number of likely N-dealkylation sites (tertiary alicyclic amines) is 1. The van der Waals surface area contributed by atoms with E-state index in [1.54, 1.807) is 23.7 Å². The highest BCUT2D eigenvalue weighted by molar-refractivity contribution is 7.98. The van der Waals surface area contributed by atoms with Crippen molar-refractivity contribution >= 4 is 34.6 Å². The molecule has 1 aromatic heterocycles. The summed E-state index contributed by atoms with van der Waals surface area (Å²) < 4.78 is 0. The number of imidazole rings is 1. The van der Waals surface area contributed by atoms with E-state index in [1.165, 1.54) is 0 Å². The SMILES string of the molecule is CSCC[C@@H](NC(=O)C1CC(=O)N(C)C1)c1nc2ccccc2[nH]1. The largest absolute Gasteiger partial charge is 0.346 e. The van der Waals surface area contributed by atoms with E-state index >= 15 is 0 Å². The maximum atomic E-state index is 12.6. The summed E-state index contributed by atoms with van der Waals surface area (Å²) in [4.78, 5) is 33.8. The average Bonchev–Trinajstić information content (AvgIpc) is 3.15. The highest BCUT2D eigenvalue weighted by Gasteiger charge is 2.33. The third-order valence-electron chi connectivity index (χ3n) is 4.38. The topological polar surface area (TPSA) is 78.1 Å². The van der Waals surface area contributed by atoms with Crippen molar-refractivity contribution in [1.29, 1.82) is 0 Å². The Morgan fingerprint density at radius 3 is 2.96 bits per heavy atom. The molecule has 7 heteroatoms. The summed E-state index contributed by atoms with van der Waals surface area (Å²) in [5, 5.41) is 3.09. The normalized spacial score (nSPS) is 19.0. The molecule has 128 valence electrons. The summed E-state index contributed by atoms with van der Waals surface area (Å²) in [7, 11) is 1.74. The Hall–Kier alpha value is -2.02. The van der Waals surface area contributed by atoms with Gasteiger partial charge in [0.1, 0.15) is 5.82 Å². The molecule has 2 aromatic rings. The van der Waals surface area contributed by atoms with Gasteiger partial charge < -0.3 is 15.2 Å². The molecule has 1 unspecified atom stereocenters. The number of nitrogens with zero attached hydrogens (tertiary/aromatic N) is 2. The number of H-pyrrole nitrogens is 1. The molecule has 24 heavy (non-hydrogen) atoms. The number of nitrogens with one attached hydrogen (secondary N) is 2. The minimum absolute atomic E-state index is 0.0274. The van der Waals surface area contributed by atoms with Gasteiger partial charge in [-0.1, -0.05) is 12.1 Å². The third-order valence-corrected chi connectivity index (χ3v) is 5.02. The molecule has 0 spiro atoms. The van der Waals surface area contributed by atoms with Crippen LogP contribution >= 0.6 is 11.8 Å². The number of benzene rings is 1. The summed E-state index contributed by atoms with van der Waals surface area (Å²) in [5.74, 6) is 1.38. The van der Waals surface area contributed by atoms with E-state index in [2.05, 4.69) is 15.3 Å². The molecule has 0 aliphatic carbocycles. The van der Waals surface area contributed by atoms with E-state index in [1.807, 2.05) is 30.5 Å². The zero-order valence-electron chi connectivity index (χ0n) is 13.9. The predicted molar refractivity (Wildman–Crippen MR) is 95.7 cm³/mol. The Morgan fingerprint density at radius 2 is 2.29 bits per heavy atom. The number of carbonyl (C=O) groups is 2. The van der Waals surface area contributed by atoms with Crippen molar-refractivity contribution in [2.45, 2.75) is 18.9 Å². The highest BCUT2D eigenvalue weighted by Crippen LogP contribution is 2.22. The molecule has 3 rings (SSSR count). The van der Waals surface area contributed by atoms with Gasteiger partial charge in [-0.3, -0.25) is 9.59 Å². The van der Waals surface area contributed by atoms with Crippen LogP contribution in [0, 0.1) is 5.92 Å². The van der Waals surface area contributed by atoms with E-state index in [-0.39, 0.29) is 30.2 Å². The van der Waals surface area contributed by atoms with Gasteiger partial charge in [0.15, 0.2) is 0 Å². The molecular formula is C17H22N4O2S. The Bertz CT molecular complexity index is 712. The number of fused-ring (bicyclic) bond motifs is 1. The van der Waals surface area contributed by atoms with Gasteiger partial charge in [0, 0.05) is 20.0 Å². The molecule has 2 N–H and O–H groups in total. The zero-order chi connectivity index (χ0) is 17.1. The van der Waals surface area contributed by atoms with Gasteiger partial charge in [0.25, 0.3) is 0 Å². The molecule has 1 aromatic carbocycles. The summed E-state index contributed by atoms with van der Waals surface area (Å²) >= 11 is 1.74. The van der Waals surface area contributed by atoms with Gasteiger partial charge in [-0.2, -0.15) is 11.8 Å². The zero-order valence-corrected chi connectivity index (χ0v) is 14.7. The number of aromatic nitrogens is 2. The average molecular weight is 346 g/mol. The molecule has 1 aliphatic rings. The van der Waals surface area contributed by atoms with Crippen molar-refractivity contribution in [2.24, 2.45) is 5.92 Å². The van der Waals surface area contributed by atoms with Crippen molar-refractivity contribution in [1.82, 2.24) is 20.2 Å². The standard InChI is InChI=1S/C17H22N4O2S/c1-21-10-11(9-15(21)22)17(23)20-14(7-8-24-2)16-18-12-5-3-4-6-13(12)19-16/h3-6,11,14H,7-10H2,1-2H3,(H,18,19)(H,20,23)/t11?,14-/m1/s1. The lowest BCUT2D eigenvalue weighted by molar-refractivity contribution is -0.128. The van der Waals surface area contributed by atoms with Gasteiger partial charge in [-0.05, 0) is 30.6 Å². The third kappa shape index (κ3) is 3.56. The molecule has 1 fully saturated rings. The minimum atomic E-state index is -0.274. The summed E-state index contributed by atoms with van der Waals surface area (Å²) in [5.41, 5.74) is 1.86. The molecule has 2 atom stereocenters. The Labute approximate surface area is 145 Å². The first kappa shape index (κ1) is 16.8. The van der Waals surface area contributed by atoms with E-state index in [4.69, 9.17) is 0 Å². The number of hydrogen-bond acceptors (Lipinski definition) is 4. The fourth-order valence-corrected chi connectivity index (χ4v) is 3.45. The van der Waals surface area contributed by atoms with Crippen molar-refractivity contribution < 1.29 is 9.59 Å². The Kier molecular flexibility index (Phi) is 5.08. The molecule has 1 saturated heterocycles. The lowest BCUT2D eigenvalue weighted by atomic mass is 10.1. The molecule has 2 amide bonds. The quantitative estimate of drug-likeness (QED) is 0.838. The summed E-state index contributed by atoms with van der Waals surface area (Å²) in [6.07, 6.45) is 3.13. The number of para-hydroxylation sites is 2. The van der Waals surface area contributed by atoms with E-state index in [9.17, 15) is 9.59 Å². The van der Waals surface area contributed by atoms with Gasteiger partial charge in [-0.25, -0.2) is 4.98 Å². The molecule has 2 heterocycles. The second-order valence-corrected chi connectivity index (χ2v) is 7.14. The van der Waals surface area contributed by atoms with Crippen LogP contribution in [0.3, 0.4) is 0 Å². The number of amides is 2. The Morgan fingerprint density at radius 1 is 1.50 bits per heavy atom. The van der Waals surface area contributed by atoms with Crippen LogP contribution in [0.15, 0.2) is 24.3 Å². The number of carbonyl (C=O) groups excluding carboxylic acids is 2. The maximum absolute atomic E-state index is 12.6. The van der Waals surface area contributed by atoms with Crippen molar-refractivity contribution in [3.05, 3.63) is 30.1 Å². The summed E-state index contributed by atoms with van der Waals surface area (Å²) in [6.45, 7) is 0.486. The van der Waals surface area contributed by atoms with Crippen LogP contribution in [0.4, 0.5) is 0 Å². The van der Waals surface area contributed by atoms with Crippen LogP contribution in [-0.4, -0.2) is 52.3 Å². The maximum Gasteiger partial charge on any atom is 0.226 e. The van der Waals surface area contributed by atoms with Gasteiger partial charge >= 0.3 is 0 Å². The lowest BCUT2D eigenvalue weighted by Gasteiger charge is -2.18. The number of rotatable bonds is 6. The van der Waals surface area contributed by atoms with Gasteiger partial charge in [0.05, 0.1) is 23.0 Å². The minimum Gasteiger partial charge on any atom is -0.346 e. The fraction of sp³-hybridized carbons (Fsp3) is 0.471. The first-order valence-corrected chi connectivity index (χ1v) is 9.45. The molecule has 0 radical (unpaired) electrons. The van der Waals surface area contributed by atoms with Crippen LogP contribution < -0.4 is 5.32 Å². The lowest BCUT2D eigenvalue weighted by Crippen LogP contribution is -2.35. The smallest absolute Gasteiger partial charge is 0.226 e. The fourth-order valence-electron chi connectivity index (χ4n) is 2.98. The molecule has 0 bridgehead atoms. The molecule has 6 nitrogen and oxygen atoms in total.